The number of hydrogen-bond acceptors (Lipinski definition) is 2. The van der Waals surface area contributed by atoms with E-state index in [2.05, 4.69) is 43.3 Å². The standard InChI is InChI=1S/C14H14Br2N2O3/c1-8-3-2-4-18(7-8)14(21)17-12-10(13(19)20)5-9(15)6-11(12)16/h3,5-6H,2,4,7H2,1H3,(H,17,21)(H,19,20). The Morgan fingerprint density at radius 3 is 2.67 bits per heavy atom. The van der Waals surface area contributed by atoms with Gasteiger partial charge in [-0.05, 0) is 41.4 Å². The van der Waals surface area contributed by atoms with Crippen molar-refractivity contribution in [3.8, 4) is 0 Å². The van der Waals surface area contributed by atoms with Crippen molar-refractivity contribution in [2.75, 3.05) is 18.4 Å². The van der Waals surface area contributed by atoms with Crippen molar-refractivity contribution in [2.45, 2.75) is 13.3 Å². The van der Waals surface area contributed by atoms with Gasteiger partial charge in [0, 0.05) is 22.0 Å². The van der Waals surface area contributed by atoms with E-state index >= 15 is 0 Å². The van der Waals surface area contributed by atoms with Crippen LogP contribution in [0.25, 0.3) is 0 Å². The molecule has 7 heteroatoms. The van der Waals surface area contributed by atoms with Crippen molar-refractivity contribution in [2.24, 2.45) is 0 Å². The molecule has 0 unspecified atom stereocenters. The molecule has 0 bridgehead atoms. The Kier molecular flexibility index (Phi) is 5.05. The first-order valence-electron chi connectivity index (χ1n) is 6.32. The van der Waals surface area contributed by atoms with Gasteiger partial charge in [-0.15, -0.1) is 0 Å². The van der Waals surface area contributed by atoms with Crippen molar-refractivity contribution in [3.05, 3.63) is 38.3 Å². The van der Waals surface area contributed by atoms with E-state index in [1.165, 1.54) is 6.07 Å². The van der Waals surface area contributed by atoms with Gasteiger partial charge < -0.3 is 15.3 Å². The lowest BCUT2D eigenvalue weighted by atomic mass is 10.1. The van der Waals surface area contributed by atoms with Crippen molar-refractivity contribution in [1.82, 2.24) is 4.90 Å². The zero-order valence-electron chi connectivity index (χ0n) is 11.3. The summed E-state index contributed by atoms with van der Waals surface area (Å²) in [7, 11) is 0. The van der Waals surface area contributed by atoms with Crippen LogP contribution in [0.15, 0.2) is 32.7 Å². The molecule has 0 radical (unpaired) electrons. The monoisotopic (exact) mass is 416 g/mol. The molecular formula is C14H14Br2N2O3. The van der Waals surface area contributed by atoms with Crippen LogP contribution < -0.4 is 5.32 Å². The summed E-state index contributed by atoms with van der Waals surface area (Å²) in [4.78, 5) is 25.3. The summed E-state index contributed by atoms with van der Waals surface area (Å²) in [5, 5.41) is 12.0. The average Bonchev–Trinajstić information content (AvgIpc) is 2.41. The van der Waals surface area contributed by atoms with Crippen LogP contribution in [0, 0.1) is 0 Å². The van der Waals surface area contributed by atoms with Gasteiger partial charge in [0.05, 0.1) is 11.3 Å². The van der Waals surface area contributed by atoms with Gasteiger partial charge in [0.1, 0.15) is 0 Å². The van der Waals surface area contributed by atoms with E-state index in [1.54, 1.807) is 11.0 Å². The van der Waals surface area contributed by atoms with Gasteiger partial charge in [0.15, 0.2) is 0 Å². The van der Waals surface area contributed by atoms with Gasteiger partial charge in [0.2, 0.25) is 0 Å². The minimum absolute atomic E-state index is 0.0360. The van der Waals surface area contributed by atoms with Crippen LogP contribution in [-0.4, -0.2) is 35.1 Å². The lowest BCUT2D eigenvalue weighted by Crippen LogP contribution is -2.38. The number of nitrogens with zero attached hydrogens (tertiary/aromatic N) is 1. The average molecular weight is 418 g/mol. The van der Waals surface area contributed by atoms with E-state index in [4.69, 9.17) is 0 Å². The molecule has 1 aromatic carbocycles. The molecule has 0 atom stereocenters. The van der Waals surface area contributed by atoms with Crippen LogP contribution in [0.1, 0.15) is 23.7 Å². The Bertz CT molecular complexity index is 629. The van der Waals surface area contributed by atoms with Crippen LogP contribution in [-0.2, 0) is 0 Å². The number of amides is 2. The summed E-state index contributed by atoms with van der Waals surface area (Å²) >= 11 is 6.53. The number of benzene rings is 1. The third kappa shape index (κ3) is 3.85. The van der Waals surface area contributed by atoms with Gasteiger partial charge in [0.25, 0.3) is 0 Å². The predicted molar refractivity (Wildman–Crippen MR) is 87.8 cm³/mol. The summed E-state index contributed by atoms with van der Waals surface area (Å²) in [6.45, 7) is 3.15. The molecule has 1 aliphatic heterocycles. The van der Waals surface area contributed by atoms with Crippen LogP contribution >= 0.6 is 31.9 Å². The van der Waals surface area contributed by atoms with E-state index in [0.717, 1.165) is 12.0 Å². The Morgan fingerprint density at radius 1 is 1.33 bits per heavy atom. The highest BCUT2D eigenvalue weighted by molar-refractivity contribution is 9.11. The van der Waals surface area contributed by atoms with Crippen molar-refractivity contribution < 1.29 is 14.7 Å². The first-order chi connectivity index (χ1) is 9.88. The molecule has 2 N–H and O–H groups in total. The Balaban J connectivity index is 2.25. The zero-order chi connectivity index (χ0) is 15.6. The third-order valence-corrected chi connectivity index (χ3v) is 4.22. The third-order valence-electron chi connectivity index (χ3n) is 3.14. The van der Waals surface area contributed by atoms with Crippen LogP contribution in [0.3, 0.4) is 0 Å². The second kappa shape index (κ2) is 6.62. The topological polar surface area (TPSA) is 69.6 Å². The molecule has 0 aliphatic carbocycles. The maximum absolute atomic E-state index is 12.3. The molecule has 21 heavy (non-hydrogen) atoms. The Hall–Kier alpha value is -1.34. The van der Waals surface area contributed by atoms with E-state index < -0.39 is 5.97 Å². The summed E-state index contributed by atoms with van der Waals surface area (Å²) in [5.41, 5.74) is 1.43. The number of rotatable bonds is 2. The molecule has 2 amide bonds. The minimum Gasteiger partial charge on any atom is -0.478 e. The molecule has 0 saturated heterocycles. The number of carbonyl (C=O) groups excluding carboxylic acids is 1. The van der Waals surface area contributed by atoms with Crippen LogP contribution in [0.2, 0.25) is 0 Å². The number of aromatic carboxylic acids is 1. The molecule has 0 saturated carbocycles. The quantitative estimate of drug-likeness (QED) is 0.712. The van der Waals surface area contributed by atoms with E-state index in [-0.39, 0.29) is 17.3 Å². The normalized spacial score (nSPS) is 14.6. The maximum Gasteiger partial charge on any atom is 0.337 e. The SMILES string of the molecule is CC1=CCCN(C(=O)Nc2c(Br)cc(Br)cc2C(=O)O)C1. The highest BCUT2D eigenvalue weighted by Crippen LogP contribution is 2.31. The van der Waals surface area contributed by atoms with Gasteiger partial charge >= 0.3 is 12.0 Å². The van der Waals surface area contributed by atoms with Gasteiger partial charge in [-0.25, -0.2) is 9.59 Å². The molecule has 0 spiro atoms. The fourth-order valence-corrected chi connectivity index (χ4v) is 3.46. The number of halogens is 2. The molecule has 5 nitrogen and oxygen atoms in total. The first kappa shape index (κ1) is 16.0. The predicted octanol–water partition coefficient (Wildman–Crippen LogP) is 4.09. The Morgan fingerprint density at radius 2 is 2.05 bits per heavy atom. The maximum atomic E-state index is 12.3. The fraction of sp³-hybridized carbons (Fsp3) is 0.286. The second-order valence-electron chi connectivity index (χ2n) is 4.81. The summed E-state index contributed by atoms with van der Waals surface area (Å²) in [5.74, 6) is -1.10. The summed E-state index contributed by atoms with van der Waals surface area (Å²) in [6, 6.07) is 2.86. The smallest absolute Gasteiger partial charge is 0.337 e. The van der Waals surface area contributed by atoms with Crippen LogP contribution in [0.5, 0.6) is 0 Å². The molecule has 112 valence electrons. The Labute approximate surface area is 139 Å². The van der Waals surface area contributed by atoms with Gasteiger partial charge in [-0.3, -0.25) is 0 Å². The van der Waals surface area contributed by atoms with E-state index in [0.29, 0.717) is 22.0 Å². The number of anilines is 1. The zero-order valence-corrected chi connectivity index (χ0v) is 14.5. The number of carboxylic acids is 1. The minimum atomic E-state index is -1.10. The molecular weight excluding hydrogens is 404 g/mol. The van der Waals surface area contributed by atoms with E-state index in [1.807, 2.05) is 6.92 Å². The summed E-state index contributed by atoms with van der Waals surface area (Å²) < 4.78 is 1.15. The number of carbonyl (C=O) groups is 2. The first-order valence-corrected chi connectivity index (χ1v) is 7.91. The van der Waals surface area contributed by atoms with Crippen molar-refractivity contribution in [1.29, 1.82) is 0 Å². The lowest BCUT2D eigenvalue weighted by Gasteiger charge is -2.27. The number of nitrogens with one attached hydrogen (secondary N) is 1. The molecule has 1 heterocycles. The van der Waals surface area contributed by atoms with Crippen molar-refractivity contribution >= 4 is 49.5 Å². The molecule has 0 aromatic heterocycles. The van der Waals surface area contributed by atoms with Gasteiger partial charge in [-0.1, -0.05) is 27.6 Å². The number of urea groups is 1. The number of hydrogen-bond donors (Lipinski definition) is 2. The molecule has 1 aromatic rings. The molecule has 1 aliphatic rings. The lowest BCUT2D eigenvalue weighted by molar-refractivity contribution is 0.0698. The van der Waals surface area contributed by atoms with Crippen LogP contribution in [0.4, 0.5) is 10.5 Å². The van der Waals surface area contributed by atoms with Gasteiger partial charge in [-0.2, -0.15) is 0 Å². The summed E-state index contributed by atoms with van der Waals surface area (Å²) in [6.07, 6.45) is 2.91. The highest BCUT2D eigenvalue weighted by atomic mass is 79.9. The molecule has 0 fully saturated rings. The number of carboxylic acid groups (broad SMARTS) is 1. The second-order valence-corrected chi connectivity index (χ2v) is 6.58. The fourth-order valence-electron chi connectivity index (χ4n) is 2.14. The molecule has 2 rings (SSSR count). The highest BCUT2D eigenvalue weighted by Gasteiger charge is 2.21. The van der Waals surface area contributed by atoms with E-state index in [9.17, 15) is 14.7 Å². The van der Waals surface area contributed by atoms with Crippen molar-refractivity contribution in [3.63, 3.8) is 0 Å². The largest absolute Gasteiger partial charge is 0.478 e.